The minimum absolute atomic E-state index is 0.279. The summed E-state index contributed by atoms with van der Waals surface area (Å²) in [6, 6.07) is 0. The molecule has 1 unspecified atom stereocenters. The summed E-state index contributed by atoms with van der Waals surface area (Å²) in [5, 5.41) is 13.4. The van der Waals surface area contributed by atoms with Gasteiger partial charge < -0.3 is 15.2 Å². The molecule has 0 aromatic rings. The van der Waals surface area contributed by atoms with E-state index in [1.165, 1.54) is 0 Å². The minimum atomic E-state index is -0.459. The summed E-state index contributed by atoms with van der Waals surface area (Å²) >= 11 is 0. The lowest BCUT2D eigenvalue weighted by Crippen LogP contribution is -2.49. The van der Waals surface area contributed by atoms with E-state index in [2.05, 4.69) is 12.2 Å². The van der Waals surface area contributed by atoms with Crippen molar-refractivity contribution < 1.29 is 9.84 Å². The van der Waals surface area contributed by atoms with Gasteiger partial charge in [-0.15, -0.1) is 0 Å². The molecule has 2 fully saturated rings. The van der Waals surface area contributed by atoms with E-state index in [0.717, 1.165) is 45.6 Å². The molecule has 3 heteroatoms. The van der Waals surface area contributed by atoms with Crippen LogP contribution in [0.2, 0.25) is 0 Å². The normalized spacial score (nSPS) is 37.4. The third-order valence-electron chi connectivity index (χ3n) is 3.49. The molecule has 0 spiro atoms. The second-order valence-corrected chi connectivity index (χ2v) is 4.67. The monoisotopic (exact) mass is 185 g/mol. The Morgan fingerprint density at radius 2 is 2.23 bits per heavy atom. The molecule has 3 nitrogen and oxygen atoms in total. The van der Waals surface area contributed by atoms with Crippen molar-refractivity contribution in [1.29, 1.82) is 0 Å². The molecule has 0 radical (unpaired) electrons. The van der Waals surface area contributed by atoms with Gasteiger partial charge in [-0.25, -0.2) is 0 Å². The zero-order chi connectivity index (χ0) is 9.36. The summed E-state index contributed by atoms with van der Waals surface area (Å²) in [5.41, 5.74) is -0.180. The molecule has 0 aromatic carbocycles. The first kappa shape index (κ1) is 9.44. The number of nitrogens with one attached hydrogen (secondary N) is 1. The molecule has 0 saturated carbocycles. The average Bonchev–Trinajstić information content (AvgIpc) is 2.45. The SMILES string of the molecule is CCC1(CC2(O)CCNC2)COC1. The van der Waals surface area contributed by atoms with Crippen molar-refractivity contribution in [3.63, 3.8) is 0 Å². The lowest BCUT2D eigenvalue weighted by Gasteiger charge is -2.44. The third-order valence-corrected chi connectivity index (χ3v) is 3.49. The van der Waals surface area contributed by atoms with Gasteiger partial charge in [-0.2, -0.15) is 0 Å². The zero-order valence-corrected chi connectivity index (χ0v) is 8.31. The van der Waals surface area contributed by atoms with E-state index in [0.29, 0.717) is 0 Å². The fourth-order valence-corrected chi connectivity index (χ4v) is 2.40. The quantitative estimate of drug-likeness (QED) is 0.674. The average molecular weight is 185 g/mol. The third kappa shape index (κ3) is 1.73. The first-order valence-electron chi connectivity index (χ1n) is 5.19. The van der Waals surface area contributed by atoms with Crippen molar-refractivity contribution in [2.45, 2.75) is 31.8 Å². The van der Waals surface area contributed by atoms with Crippen LogP contribution in [0.1, 0.15) is 26.2 Å². The molecule has 2 saturated heterocycles. The molecule has 76 valence electrons. The Bertz CT molecular complexity index is 178. The summed E-state index contributed by atoms with van der Waals surface area (Å²) in [7, 11) is 0. The van der Waals surface area contributed by atoms with Gasteiger partial charge in [0.15, 0.2) is 0 Å². The summed E-state index contributed by atoms with van der Waals surface area (Å²) in [5.74, 6) is 0. The number of ether oxygens (including phenoxy) is 1. The molecular formula is C10H19NO2. The minimum Gasteiger partial charge on any atom is -0.388 e. The molecule has 0 amide bonds. The number of hydrogen-bond donors (Lipinski definition) is 2. The van der Waals surface area contributed by atoms with Gasteiger partial charge in [-0.3, -0.25) is 0 Å². The number of β-amino-alcohol motifs (C(OH)–C–C–N with tert-alkyl or cyclic N) is 1. The summed E-state index contributed by atoms with van der Waals surface area (Å²) < 4.78 is 5.25. The Morgan fingerprint density at radius 3 is 2.62 bits per heavy atom. The van der Waals surface area contributed by atoms with Crippen LogP contribution in [-0.2, 0) is 4.74 Å². The first-order valence-corrected chi connectivity index (χ1v) is 5.19. The van der Waals surface area contributed by atoms with Crippen LogP contribution < -0.4 is 5.32 Å². The molecule has 1 atom stereocenters. The van der Waals surface area contributed by atoms with Crippen molar-refractivity contribution in [2.24, 2.45) is 5.41 Å². The van der Waals surface area contributed by atoms with Crippen LogP contribution in [0.15, 0.2) is 0 Å². The van der Waals surface area contributed by atoms with Crippen LogP contribution in [-0.4, -0.2) is 37.0 Å². The molecular weight excluding hydrogens is 166 g/mol. The summed E-state index contributed by atoms with van der Waals surface area (Å²) in [6.07, 6.45) is 2.92. The summed E-state index contributed by atoms with van der Waals surface area (Å²) in [4.78, 5) is 0. The second-order valence-electron chi connectivity index (χ2n) is 4.67. The standard InChI is InChI=1S/C10H19NO2/c1-2-9(7-13-8-9)5-10(12)3-4-11-6-10/h11-12H,2-8H2,1H3. The zero-order valence-electron chi connectivity index (χ0n) is 8.31. The molecule has 13 heavy (non-hydrogen) atoms. The second kappa shape index (κ2) is 3.23. The molecule has 0 aromatic heterocycles. The van der Waals surface area contributed by atoms with E-state index < -0.39 is 5.60 Å². The Hall–Kier alpha value is -0.120. The number of hydrogen-bond acceptors (Lipinski definition) is 3. The van der Waals surface area contributed by atoms with Gasteiger partial charge in [0.2, 0.25) is 0 Å². The van der Waals surface area contributed by atoms with Gasteiger partial charge in [0.05, 0.1) is 18.8 Å². The highest BCUT2D eigenvalue weighted by Crippen LogP contribution is 2.40. The predicted molar refractivity (Wildman–Crippen MR) is 50.6 cm³/mol. The van der Waals surface area contributed by atoms with Crippen molar-refractivity contribution in [1.82, 2.24) is 5.32 Å². The first-order chi connectivity index (χ1) is 6.18. The molecule has 2 rings (SSSR count). The highest BCUT2D eigenvalue weighted by molar-refractivity contribution is 4.97. The Labute approximate surface area is 79.5 Å². The van der Waals surface area contributed by atoms with Gasteiger partial charge in [-0.05, 0) is 25.8 Å². The molecule has 2 aliphatic heterocycles. The fourth-order valence-electron chi connectivity index (χ4n) is 2.40. The van der Waals surface area contributed by atoms with Crippen LogP contribution in [0.4, 0.5) is 0 Å². The van der Waals surface area contributed by atoms with Crippen molar-refractivity contribution >= 4 is 0 Å². The molecule has 0 aliphatic carbocycles. The Morgan fingerprint density at radius 1 is 1.46 bits per heavy atom. The van der Waals surface area contributed by atoms with E-state index in [-0.39, 0.29) is 5.41 Å². The maximum Gasteiger partial charge on any atom is 0.0790 e. The smallest absolute Gasteiger partial charge is 0.0790 e. The van der Waals surface area contributed by atoms with E-state index in [4.69, 9.17) is 4.74 Å². The van der Waals surface area contributed by atoms with Crippen molar-refractivity contribution in [3.8, 4) is 0 Å². The van der Waals surface area contributed by atoms with Gasteiger partial charge in [0.1, 0.15) is 0 Å². The molecule has 2 heterocycles. The lowest BCUT2D eigenvalue weighted by atomic mass is 9.73. The van der Waals surface area contributed by atoms with E-state index in [9.17, 15) is 5.11 Å². The molecule has 2 N–H and O–H groups in total. The van der Waals surface area contributed by atoms with Crippen molar-refractivity contribution in [2.75, 3.05) is 26.3 Å². The van der Waals surface area contributed by atoms with Gasteiger partial charge in [0.25, 0.3) is 0 Å². The maximum absolute atomic E-state index is 10.2. The van der Waals surface area contributed by atoms with Crippen LogP contribution in [0.25, 0.3) is 0 Å². The maximum atomic E-state index is 10.2. The van der Waals surface area contributed by atoms with E-state index >= 15 is 0 Å². The largest absolute Gasteiger partial charge is 0.388 e. The van der Waals surface area contributed by atoms with E-state index in [1.54, 1.807) is 0 Å². The highest BCUT2D eigenvalue weighted by Gasteiger charge is 2.45. The Balaban J connectivity index is 1.95. The van der Waals surface area contributed by atoms with Crippen molar-refractivity contribution in [3.05, 3.63) is 0 Å². The fraction of sp³-hybridized carbons (Fsp3) is 1.00. The van der Waals surface area contributed by atoms with Crippen LogP contribution in [0.5, 0.6) is 0 Å². The van der Waals surface area contributed by atoms with Crippen LogP contribution >= 0.6 is 0 Å². The van der Waals surface area contributed by atoms with Gasteiger partial charge >= 0.3 is 0 Å². The number of rotatable bonds is 3. The predicted octanol–water partition coefficient (Wildman–Crippen LogP) is 0.527. The molecule has 2 aliphatic rings. The lowest BCUT2D eigenvalue weighted by molar-refractivity contribution is -0.149. The Kier molecular flexibility index (Phi) is 2.34. The summed E-state index contributed by atoms with van der Waals surface area (Å²) in [6.45, 7) is 5.58. The van der Waals surface area contributed by atoms with Crippen LogP contribution in [0.3, 0.4) is 0 Å². The number of aliphatic hydroxyl groups is 1. The molecule has 0 bridgehead atoms. The van der Waals surface area contributed by atoms with Gasteiger partial charge in [0, 0.05) is 12.0 Å². The highest BCUT2D eigenvalue weighted by atomic mass is 16.5. The van der Waals surface area contributed by atoms with Crippen LogP contribution in [0, 0.1) is 5.41 Å². The van der Waals surface area contributed by atoms with E-state index in [1.807, 2.05) is 0 Å². The topological polar surface area (TPSA) is 41.5 Å². The van der Waals surface area contributed by atoms with Gasteiger partial charge in [-0.1, -0.05) is 6.92 Å².